The summed E-state index contributed by atoms with van der Waals surface area (Å²) in [5, 5.41) is 36.4. The Morgan fingerprint density at radius 3 is 1.00 bits per heavy atom. The largest absolute Gasteiger partial charge is 2.00 e. The van der Waals surface area contributed by atoms with Gasteiger partial charge < -0.3 is 38.7 Å². The zero-order valence-electron chi connectivity index (χ0n) is 42.7. The Kier molecular flexibility index (Phi) is 24.5. The molecule has 7 aromatic carbocycles. The zero-order chi connectivity index (χ0) is 53.0. The summed E-state index contributed by atoms with van der Waals surface area (Å²) in [4.78, 5) is 33.7. The first kappa shape index (κ1) is 65.2. The third-order valence-corrected chi connectivity index (χ3v) is 15.5. The van der Waals surface area contributed by atoms with Crippen LogP contribution in [0.2, 0.25) is 0 Å². The van der Waals surface area contributed by atoms with E-state index in [9.17, 15) is 19.8 Å². The summed E-state index contributed by atoms with van der Waals surface area (Å²) >= 11 is 21.0. The molecule has 2 atom stereocenters. The molecule has 0 heterocycles. The van der Waals surface area contributed by atoms with Crippen molar-refractivity contribution < 1.29 is 46.7 Å². The number of carbonyl (C=O) groups is 3. The molecule has 0 spiro atoms. The van der Waals surface area contributed by atoms with Crippen molar-refractivity contribution in [1.82, 2.24) is 0 Å². The number of aliphatic hydroxyl groups is 2. The number of carbonyl (C=O) groups excluding carboxylic acids is 2. The Hall–Kier alpha value is -2.08. The summed E-state index contributed by atoms with van der Waals surface area (Å²) in [6.45, 7) is 22.3. The van der Waals surface area contributed by atoms with Gasteiger partial charge in [-0.25, -0.2) is 0 Å². The molecule has 0 aromatic heterocycles. The SMILES string of the molecule is CC(=O)O.CC(C)C1(O)c2ccc(Br)cc2C(O)(C(C)C)c2ccc(Br)cc21.CC(C)c1c2ccc(Br)cc2c(C(C)C)c2ccc(Br)cc12.C[CH-]C.O=C1c2ccc(Br)cc2C(=O)c2ccc(Br)cc21.[Br-].[Mg+2]. The van der Waals surface area contributed by atoms with Crippen LogP contribution in [0.1, 0.15) is 153 Å². The first-order chi connectivity index (χ1) is 33.2. The van der Waals surface area contributed by atoms with E-state index in [-0.39, 0.29) is 63.4 Å². The van der Waals surface area contributed by atoms with Gasteiger partial charge in [-0.05, 0) is 164 Å². The molecule has 2 aliphatic carbocycles. The van der Waals surface area contributed by atoms with E-state index in [2.05, 4.69) is 160 Å². The number of aliphatic carboxylic acids is 1. The topological polar surface area (TPSA) is 112 Å². The van der Waals surface area contributed by atoms with E-state index in [0.717, 1.165) is 56.0 Å². The van der Waals surface area contributed by atoms with Crippen molar-refractivity contribution in [2.75, 3.05) is 0 Å². The van der Waals surface area contributed by atoms with E-state index in [1.165, 1.54) is 32.7 Å². The Labute approximate surface area is 508 Å². The third-order valence-electron chi connectivity index (χ3n) is 12.5. The molecule has 0 fully saturated rings. The van der Waals surface area contributed by atoms with Gasteiger partial charge in [-0.3, -0.25) is 14.4 Å². The quantitative estimate of drug-likeness (QED) is 0.0919. The number of hydrogen-bond acceptors (Lipinski definition) is 5. The monoisotopic (exact) mass is 1440 g/mol. The average molecular weight is 1450 g/mol. The van der Waals surface area contributed by atoms with Crippen LogP contribution in [0.25, 0.3) is 21.5 Å². The van der Waals surface area contributed by atoms with Crippen LogP contribution in [0.4, 0.5) is 0 Å². The smallest absolute Gasteiger partial charge is 1.00 e. The molecule has 73 heavy (non-hydrogen) atoms. The fourth-order valence-corrected chi connectivity index (χ4v) is 11.6. The fraction of sp³-hybridized carbons (Fsp3) is 0.288. The minimum absolute atomic E-state index is 0. The summed E-state index contributed by atoms with van der Waals surface area (Å²) in [5.74, 6) is -0.144. The Bertz CT molecular complexity index is 2950. The van der Waals surface area contributed by atoms with Crippen molar-refractivity contribution in [3.8, 4) is 0 Å². The third kappa shape index (κ3) is 14.0. The van der Waals surface area contributed by atoms with Gasteiger partial charge in [0.25, 0.3) is 5.97 Å². The van der Waals surface area contributed by atoms with Crippen molar-refractivity contribution in [2.24, 2.45) is 11.8 Å². The van der Waals surface area contributed by atoms with Crippen molar-refractivity contribution >= 4 is 158 Å². The molecule has 0 amide bonds. The van der Waals surface area contributed by atoms with E-state index in [0.29, 0.717) is 34.1 Å². The molecule has 14 heteroatoms. The van der Waals surface area contributed by atoms with Gasteiger partial charge in [0.15, 0.2) is 11.6 Å². The number of rotatable bonds is 4. The van der Waals surface area contributed by atoms with Crippen molar-refractivity contribution in [3.05, 3.63) is 198 Å². The molecular formula is C59H59Br7MgO6. The minimum atomic E-state index is -1.14. The maximum Gasteiger partial charge on any atom is 2.00 e. The first-order valence-electron chi connectivity index (χ1n) is 23.3. The molecule has 7 aromatic rings. The van der Waals surface area contributed by atoms with Gasteiger partial charge in [0, 0.05) is 56.0 Å². The first-order valence-corrected chi connectivity index (χ1v) is 28.0. The summed E-state index contributed by atoms with van der Waals surface area (Å²) in [5.41, 5.74) is 5.58. The standard InChI is InChI=1S/C20H22Br2O2.C20H20Br2.C14H6Br2O2.C3H7.C2H4O2.BrH.Mg/c1-11(2)19(23)15-7-5-14(22)10-18(15)20(24,12(3)4)16-8-6-13(21)9-17(16)19;1-11(2)19-15-7-5-14(22)10-18(15)20(12(3)4)16-8-6-13(21)9-17(16)19;15-7-1-3-9-11(5-7)14(18)10-4-2-8(16)6-12(10)13(9)17;1-3-2;1-2(3)4;;/h5-12,23-24H,1-4H3;5-12H,1-4H3;1-6H;3H,1-2H3;1H3,(H,3,4);1H;/q;;;-1;;;+2/p-1. The van der Waals surface area contributed by atoms with Crippen LogP contribution in [-0.4, -0.2) is 55.9 Å². The fourth-order valence-electron chi connectivity index (χ4n) is 9.44. The molecule has 0 radical (unpaired) electrons. The molecule has 0 saturated heterocycles. The second-order valence-electron chi connectivity index (χ2n) is 18.9. The molecule has 0 bridgehead atoms. The normalized spacial score (nSPS) is 15.9. The van der Waals surface area contributed by atoms with Gasteiger partial charge >= 0.3 is 23.1 Å². The molecule has 382 valence electrons. The molecule has 6 nitrogen and oxygen atoms in total. The van der Waals surface area contributed by atoms with Crippen molar-refractivity contribution in [1.29, 1.82) is 0 Å². The van der Waals surface area contributed by atoms with Gasteiger partial charge in [0.2, 0.25) is 0 Å². The predicted molar refractivity (Wildman–Crippen MR) is 319 cm³/mol. The predicted octanol–water partition coefficient (Wildman–Crippen LogP) is 15.0. The van der Waals surface area contributed by atoms with E-state index in [4.69, 9.17) is 9.90 Å². The number of halogens is 7. The molecule has 3 N–H and O–H groups in total. The minimum Gasteiger partial charge on any atom is -1.00 e. The molecule has 2 aliphatic rings. The van der Waals surface area contributed by atoms with Crippen LogP contribution < -0.4 is 17.0 Å². The maximum atomic E-state index is 12.3. The van der Waals surface area contributed by atoms with Gasteiger partial charge in [0.05, 0.1) is 0 Å². The number of hydrogen-bond donors (Lipinski definition) is 3. The molecule has 0 aliphatic heterocycles. The summed E-state index contributed by atoms with van der Waals surface area (Å²) in [7, 11) is 0. The van der Waals surface area contributed by atoms with Crippen LogP contribution >= 0.6 is 95.6 Å². The van der Waals surface area contributed by atoms with Crippen LogP contribution in [0.15, 0.2) is 136 Å². The second kappa shape index (κ2) is 27.5. The zero-order valence-corrected chi connectivity index (χ0v) is 55.2. The van der Waals surface area contributed by atoms with Gasteiger partial charge in [0.1, 0.15) is 11.2 Å². The van der Waals surface area contributed by atoms with Gasteiger partial charge in [-0.1, -0.05) is 175 Å². The molecular weight excluding hydrogens is 1390 g/mol. The Morgan fingerprint density at radius 1 is 0.452 bits per heavy atom. The van der Waals surface area contributed by atoms with E-state index in [1.807, 2.05) is 84.4 Å². The molecule has 0 saturated carbocycles. The molecule has 2 unspecified atom stereocenters. The number of benzene rings is 7. The Morgan fingerprint density at radius 2 is 0.712 bits per heavy atom. The number of fused-ring (bicyclic) bond motifs is 6. The van der Waals surface area contributed by atoms with E-state index >= 15 is 0 Å². The number of carboxylic acids is 1. The molecule has 9 rings (SSSR count). The summed E-state index contributed by atoms with van der Waals surface area (Å²) < 4.78 is 5.67. The van der Waals surface area contributed by atoms with Crippen LogP contribution in [0.5, 0.6) is 0 Å². The second-order valence-corrected chi connectivity index (χ2v) is 24.4. The maximum absolute atomic E-state index is 12.3. The number of carboxylic acid groups (broad SMARTS) is 1. The Balaban J connectivity index is 0.000000269. The van der Waals surface area contributed by atoms with Crippen molar-refractivity contribution in [2.45, 2.75) is 99.2 Å². The van der Waals surface area contributed by atoms with Crippen LogP contribution in [0.3, 0.4) is 0 Å². The van der Waals surface area contributed by atoms with Crippen molar-refractivity contribution in [3.63, 3.8) is 0 Å². The van der Waals surface area contributed by atoms with Crippen LogP contribution in [0, 0.1) is 18.3 Å². The number of ketones is 2. The van der Waals surface area contributed by atoms with E-state index in [1.54, 1.807) is 36.4 Å². The van der Waals surface area contributed by atoms with Gasteiger partial charge in [-0.2, -0.15) is 13.8 Å². The summed E-state index contributed by atoms with van der Waals surface area (Å²) in [6, 6.07) is 35.3. The van der Waals surface area contributed by atoms with Gasteiger partial charge in [-0.15, -0.1) is 0 Å². The van der Waals surface area contributed by atoms with Crippen LogP contribution in [-0.2, 0) is 16.0 Å². The van der Waals surface area contributed by atoms with E-state index < -0.39 is 17.2 Å². The summed E-state index contributed by atoms with van der Waals surface area (Å²) in [6.07, 6.45) is 2.00. The average Bonchev–Trinajstić information content (AvgIpc) is 3.29.